The minimum atomic E-state index is -0.376. The van der Waals surface area contributed by atoms with Crippen molar-refractivity contribution in [2.75, 3.05) is 26.9 Å². The highest BCUT2D eigenvalue weighted by Gasteiger charge is 2.13. The van der Waals surface area contributed by atoms with Crippen molar-refractivity contribution >= 4 is 5.97 Å². The maximum Gasteiger partial charge on any atom is 0.338 e. The lowest BCUT2D eigenvalue weighted by molar-refractivity contribution is 0.0525. The SMILES string of the molecule is CCOC(=O)c1ccc(OCc2ccccc2)c(OCCCOC)c1. The van der Waals surface area contributed by atoms with Crippen LogP contribution < -0.4 is 9.47 Å². The molecule has 0 aliphatic carbocycles. The van der Waals surface area contributed by atoms with Crippen LogP contribution in [0.1, 0.15) is 29.3 Å². The zero-order chi connectivity index (χ0) is 17.9. The van der Waals surface area contributed by atoms with E-state index in [-0.39, 0.29) is 5.97 Å². The van der Waals surface area contributed by atoms with Crippen LogP contribution in [0.5, 0.6) is 11.5 Å². The van der Waals surface area contributed by atoms with Gasteiger partial charge in [0, 0.05) is 20.1 Å². The fourth-order valence-electron chi connectivity index (χ4n) is 2.20. The Morgan fingerprint density at radius 2 is 1.76 bits per heavy atom. The number of carbonyl (C=O) groups excluding carboxylic acids is 1. The van der Waals surface area contributed by atoms with Crippen molar-refractivity contribution < 1.29 is 23.7 Å². The van der Waals surface area contributed by atoms with Crippen LogP contribution in [0.25, 0.3) is 0 Å². The van der Waals surface area contributed by atoms with Crippen LogP contribution in [0.2, 0.25) is 0 Å². The molecule has 0 aliphatic heterocycles. The summed E-state index contributed by atoms with van der Waals surface area (Å²) in [6, 6.07) is 14.9. The van der Waals surface area contributed by atoms with E-state index in [9.17, 15) is 4.79 Å². The number of ether oxygens (including phenoxy) is 4. The minimum Gasteiger partial charge on any atom is -0.490 e. The maximum absolute atomic E-state index is 11.9. The molecular weight excluding hydrogens is 320 g/mol. The van der Waals surface area contributed by atoms with Crippen molar-refractivity contribution in [1.29, 1.82) is 0 Å². The van der Waals surface area contributed by atoms with E-state index in [1.54, 1.807) is 32.2 Å². The maximum atomic E-state index is 11.9. The van der Waals surface area contributed by atoms with E-state index in [1.165, 1.54) is 0 Å². The van der Waals surface area contributed by atoms with Crippen LogP contribution in [0.4, 0.5) is 0 Å². The summed E-state index contributed by atoms with van der Waals surface area (Å²) in [5, 5.41) is 0. The molecule has 0 bridgehead atoms. The van der Waals surface area contributed by atoms with Crippen LogP contribution in [-0.2, 0) is 16.1 Å². The summed E-state index contributed by atoms with van der Waals surface area (Å²) in [5.41, 5.74) is 1.50. The van der Waals surface area contributed by atoms with Gasteiger partial charge in [0.25, 0.3) is 0 Å². The Labute approximate surface area is 148 Å². The summed E-state index contributed by atoms with van der Waals surface area (Å²) in [6.45, 7) is 3.61. The largest absolute Gasteiger partial charge is 0.490 e. The van der Waals surface area contributed by atoms with Crippen molar-refractivity contribution in [2.24, 2.45) is 0 Å². The summed E-state index contributed by atoms with van der Waals surface area (Å²) < 4.78 is 21.7. The van der Waals surface area contributed by atoms with E-state index in [1.807, 2.05) is 30.3 Å². The van der Waals surface area contributed by atoms with E-state index in [2.05, 4.69) is 0 Å². The number of methoxy groups -OCH3 is 1. The van der Waals surface area contributed by atoms with E-state index >= 15 is 0 Å². The molecule has 0 aromatic heterocycles. The van der Waals surface area contributed by atoms with Gasteiger partial charge in [-0.25, -0.2) is 4.79 Å². The van der Waals surface area contributed by atoms with Gasteiger partial charge in [-0.1, -0.05) is 30.3 Å². The molecule has 0 unspecified atom stereocenters. The number of rotatable bonds is 10. The Bertz CT molecular complexity index is 654. The number of esters is 1. The molecule has 25 heavy (non-hydrogen) atoms. The van der Waals surface area contributed by atoms with Gasteiger partial charge in [0.2, 0.25) is 0 Å². The van der Waals surface area contributed by atoms with Gasteiger partial charge in [0.15, 0.2) is 11.5 Å². The van der Waals surface area contributed by atoms with Gasteiger partial charge in [-0.2, -0.15) is 0 Å². The normalized spacial score (nSPS) is 10.3. The van der Waals surface area contributed by atoms with E-state index in [4.69, 9.17) is 18.9 Å². The van der Waals surface area contributed by atoms with Crippen molar-refractivity contribution in [3.63, 3.8) is 0 Å². The number of benzene rings is 2. The Kier molecular flexibility index (Phi) is 7.79. The van der Waals surface area contributed by atoms with Gasteiger partial charge in [-0.3, -0.25) is 0 Å². The van der Waals surface area contributed by atoms with Crippen molar-refractivity contribution in [2.45, 2.75) is 20.0 Å². The fourth-order valence-corrected chi connectivity index (χ4v) is 2.20. The molecule has 5 nitrogen and oxygen atoms in total. The molecule has 0 fully saturated rings. The molecule has 0 saturated carbocycles. The van der Waals surface area contributed by atoms with Crippen LogP contribution in [-0.4, -0.2) is 32.9 Å². The molecule has 2 aromatic rings. The van der Waals surface area contributed by atoms with Gasteiger partial charge >= 0.3 is 5.97 Å². The zero-order valence-electron chi connectivity index (χ0n) is 14.7. The van der Waals surface area contributed by atoms with Crippen molar-refractivity contribution in [1.82, 2.24) is 0 Å². The predicted octanol–water partition coefficient (Wildman–Crippen LogP) is 3.86. The Balaban J connectivity index is 2.10. The van der Waals surface area contributed by atoms with E-state index in [0.717, 1.165) is 12.0 Å². The third-order valence-corrected chi connectivity index (χ3v) is 3.44. The molecule has 0 N–H and O–H groups in total. The Morgan fingerprint density at radius 3 is 2.48 bits per heavy atom. The summed E-state index contributed by atoms with van der Waals surface area (Å²) in [7, 11) is 1.65. The lowest BCUT2D eigenvalue weighted by Gasteiger charge is -2.14. The molecule has 0 amide bonds. The first-order valence-electron chi connectivity index (χ1n) is 8.34. The first-order valence-corrected chi connectivity index (χ1v) is 8.34. The highest BCUT2D eigenvalue weighted by atomic mass is 16.5. The van der Waals surface area contributed by atoms with E-state index < -0.39 is 0 Å². The number of hydrogen-bond donors (Lipinski definition) is 0. The van der Waals surface area contributed by atoms with Gasteiger partial charge in [0.1, 0.15) is 6.61 Å². The van der Waals surface area contributed by atoms with Crippen LogP contribution in [0.15, 0.2) is 48.5 Å². The van der Waals surface area contributed by atoms with Gasteiger partial charge < -0.3 is 18.9 Å². The first kappa shape index (κ1) is 18.8. The van der Waals surface area contributed by atoms with Gasteiger partial charge in [-0.05, 0) is 30.7 Å². The molecule has 0 spiro atoms. The average Bonchev–Trinajstić information content (AvgIpc) is 2.65. The monoisotopic (exact) mass is 344 g/mol. The second-order valence-corrected chi connectivity index (χ2v) is 5.35. The highest BCUT2D eigenvalue weighted by molar-refractivity contribution is 5.90. The second-order valence-electron chi connectivity index (χ2n) is 5.35. The Morgan fingerprint density at radius 1 is 0.960 bits per heavy atom. The second kappa shape index (κ2) is 10.4. The predicted molar refractivity (Wildman–Crippen MR) is 95.2 cm³/mol. The summed E-state index contributed by atoms with van der Waals surface area (Å²) in [5.74, 6) is 0.741. The summed E-state index contributed by atoms with van der Waals surface area (Å²) >= 11 is 0. The topological polar surface area (TPSA) is 54.0 Å². The molecule has 0 aliphatic rings. The molecular formula is C20H24O5. The standard InChI is InChI=1S/C20H24O5/c1-3-23-20(21)17-10-11-18(19(14-17)24-13-7-12-22-2)25-15-16-8-5-4-6-9-16/h4-6,8-11,14H,3,7,12-13,15H2,1-2H3. The Hall–Kier alpha value is -2.53. The first-order chi connectivity index (χ1) is 12.2. The molecule has 2 rings (SSSR count). The molecule has 2 aromatic carbocycles. The lowest BCUT2D eigenvalue weighted by Crippen LogP contribution is -2.07. The van der Waals surface area contributed by atoms with Crippen LogP contribution >= 0.6 is 0 Å². The molecule has 0 heterocycles. The highest BCUT2D eigenvalue weighted by Crippen LogP contribution is 2.29. The van der Waals surface area contributed by atoms with Crippen molar-refractivity contribution in [3.8, 4) is 11.5 Å². The number of hydrogen-bond acceptors (Lipinski definition) is 5. The lowest BCUT2D eigenvalue weighted by atomic mass is 10.2. The molecule has 134 valence electrons. The van der Waals surface area contributed by atoms with Crippen molar-refractivity contribution in [3.05, 3.63) is 59.7 Å². The third-order valence-electron chi connectivity index (χ3n) is 3.44. The molecule has 0 atom stereocenters. The van der Waals surface area contributed by atoms with E-state index in [0.29, 0.717) is 43.5 Å². The smallest absolute Gasteiger partial charge is 0.338 e. The fraction of sp³-hybridized carbons (Fsp3) is 0.350. The van der Waals surface area contributed by atoms with Crippen LogP contribution in [0, 0.1) is 0 Å². The quantitative estimate of drug-likeness (QED) is 0.484. The minimum absolute atomic E-state index is 0.328. The van der Waals surface area contributed by atoms with Gasteiger partial charge in [0.05, 0.1) is 18.8 Å². The van der Waals surface area contributed by atoms with Crippen LogP contribution in [0.3, 0.4) is 0 Å². The number of carbonyl (C=O) groups is 1. The summed E-state index contributed by atoms with van der Waals surface area (Å²) in [6.07, 6.45) is 0.748. The molecule has 0 radical (unpaired) electrons. The molecule has 0 saturated heterocycles. The summed E-state index contributed by atoms with van der Waals surface area (Å²) in [4.78, 5) is 11.9. The van der Waals surface area contributed by atoms with Gasteiger partial charge in [-0.15, -0.1) is 0 Å². The zero-order valence-corrected chi connectivity index (χ0v) is 14.7. The third kappa shape index (κ3) is 6.12. The molecule has 5 heteroatoms. The average molecular weight is 344 g/mol.